The fourth-order valence-corrected chi connectivity index (χ4v) is 12.3. The number of hydrogen-bond donors (Lipinski definition) is 2. The molecule has 550 valence electrons. The lowest BCUT2D eigenvalue weighted by Crippen LogP contribution is -2.43. The van der Waals surface area contributed by atoms with Crippen LogP contribution in [0, 0.1) is 17.8 Å². The van der Waals surface area contributed by atoms with Crippen molar-refractivity contribution in [2.24, 2.45) is 17.8 Å². The molecule has 3 aliphatic rings. The number of carbonyl (C=O) groups excluding carboxylic acids is 2. The van der Waals surface area contributed by atoms with Crippen LogP contribution in [-0.2, 0) is 42.9 Å². The zero-order valence-electron chi connectivity index (χ0n) is 61.5. The zero-order valence-corrected chi connectivity index (χ0v) is 62.2. The van der Waals surface area contributed by atoms with E-state index in [0.29, 0.717) is 68.9 Å². The van der Waals surface area contributed by atoms with Crippen molar-refractivity contribution in [1.82, 2.24) is 73.2 Å². The molecule has 0 unspecified atom stereocenters. The minimum Gasteiger partial charge on any atom is -0.491 e. The van der Waals surface area contributed by atoms with Crippen LogP contribution in [0.25, 0.3) is 51.1 Å². The van der Waals surface area contributed by atoms with E-state index in [-0.39, 0.29) is 37.1 Å². The number of carbonyl (C=O) groups is 2. The molecule has 2 N–H and O–H groups in total. The maximum atomic E-state index is 12.5. The molecule has 0 aliphatic carbocycles. The van der Waals surface area contributed by atoms with Gasteiger partial charge in [0.25, 0.3) is 0 Å². The first-order chi connectivity index (χ1) is 48.9. The summed E-state index contributed by atoms with van der Waals surface area (Å²) >= 11 is 6.06. The van der Waals surface area contributed by atoms with Crippen LogP contribution in [0.5, 0.6) is 11.5 Å². The number of nitrogens with one attached hydrogen (secondary N) is 1. The van der Waals surface area contributed by atoms with Crippen LogP contribution >= 0.6 is 11.6 Å². The quantitative estimate of drug-likeness (QED) is 0.0597. The number of pyridine rings is 3. The van der Waals surface area contributed by atoms with Gasteiger partial charge in [-0.25, -0.2) is 39.5 Å². The Bertz CT molecular complexity index is 4090. The van der Waals surface area contributed by atoms with Crippen molar-refractivity contribution < 1.29 is 47.9 Å². The third kappa shape index (κ3) is 24.4. The zero-order chi connectivity index (χ0) is 72.8. The van der Waals surface area contributed by atoms with Gasteiger partial charge in [-0.05, 0) is 190 Å². The summed E-state index contributed by atoms with van der Waals surface area (Å²) in [6.07, 6.45) is 31.2. The van der Waals surface area contributed by atoms with Crippen molar-refractivity contribution in [3.8, 4) is 45.7 Å². The Hall–Kier alpha value is -8.46. The first-order valence-electron chi connectivity index (χ1n) is 35.8. The van der Waals surface area contributed by atoms with Gasteiger partial charge in [-0.1, -0.05) is 11.6 Å². The predicted molar refractivity (Wildman–Crippen MR) is 393 cm³/mol. The molecule has 12 rings (SSSR count). The third-order valence-corrected chi connectivity index (χ3v) is 16.9. The highest BCUT2D eigenvalue weighted by molar-refractivity contribution is 6.30. The number of likely N-dealkylation sites (tertiary alicyclic amines) is 2. The van der Waals surface area contributed by atoms with Crippen LogP contribution in [0.2, 0.25) is 5.02 Å². The number of aliphatic hydroxyl groups is 1. The molecule has 3 aliphatic heterocycles. The number of rotatable bonds is 22. The van der Waals surface area contributed by atoms with Gasteiger partial charge >= 0.3 is 12.2 Å². The van der Waals surface area contributed by atoms with Crippen LogP contribution in [0.1, 0.15) is 139 Å². The molecule has 12 heterocycles. The summed E-state index contributed by atoms with van der Waals surface area (Å²) in [7, 11) is 0. The lowest BCUT2D eigenvalue weighted by molar-refractivity contribution is 0.0156. The van der Waals surface area contributed by atoms with Crippen LogP contribution in [0.3, 0.4) is 0 Å². The molecule has 25 nitrogen and oxygen atoms in total. The van der Waals surface area contributed by atoms with E-state index >= 15 is 0 Å². The van der Waals surface area contributed by atoms with Crippen LogP contribution in [-0.4, -0.2) is 194 Å². The van der Waals surface area contributed by atoms with Crippen LogP contribution < -0.4 is 14.8 Å². The number of hydrogen-bond acceptors (Lipinski definition) is 20. The SMILES string of the molecule is CC(C)(C)OC(=O)N1CCC[C@@H](Cc2cncc(-c3cnc4cc(Cl)ccn34)n2)C1.CC(C)OCCO.CC(C)OCCOc1ccn2c(-c3cncc(C[C@@H]4CCCN(C(=O)OC(C)(C)C)C4)n3)cnc2c1.CC(C)OCCOc1ccn2c(-c3cncc(C[C@@H]4CCCNC4)n3)cnc2c1. The van der Waals surface area contributed by atoms with E-state index < -0.39 is 11.2 Å². The second-order valence-corrected chi connectivity index (χ2v) is 29.2. The Morgan fingerprint density at radius 1 is 0.520 bits per heavy atom. The molecular weight excluding hydrogens is 1320 g/mol. The van der Waals surface area contributed by atoms with Crippen molar-refractivity contribution >= 4 is 40.7 Å². The highest BCUT2D eigenvalue weighted by atomic mass is 35.5. The van der Waals surface area contributed by atoms with E-state index in [9.17, 15) is 9.59 Å². The minimum atomic E-state index is -0.493. The van der Waals surface area contributed by atoms with Gasteiger partial charge in [-0.2, -0.15) is 0 Å². The average molecular weight is 1420 g/mol. The molecular formula is C76H104ClN15O10. The number of halogens is 1. The molecule has 9 aromatic rings. The maximum Gasteiger partial charge on any atom is 0.410 e. The number of piperidine rings is 3. The largest absolute Gasteiger partial charge is 0.491 e. The van der Waals surface area contributed by atoms with Gasteiger partial charge in [-0.3, -0.25) is 28.2 Å². The van der Waals surface area contributed by atoms with Crippen molar-refractivity contribution in [3.63, 3.8) is 0 Å². The molecule has 3 saturated heterocycles. The Morgan fingerprint density at radius 3 is 1.29 bits per heavy atom. The average Bonchev–Trinajstić information content (AvgIpc) is 1.66. The van der Waals surface area contributed by atoms with Gasteiger partial charge in [0.2, 0.25) is 0 Å². The standard InChI is InChI=1S/C27H37N5O4.C22H26ClN5O2.C22H29N5O2.C5H12O2/c1-19(2)34-11-12-35-22-8-10-32-24(17-29-25(32)14-22)23-16-28-15-21(30-23)13-20-7-6-9-31(18-20)26(33)36-27(3,4)5;1-22(2,3)30-21(29)27-7-4-5-15(14-27)9-17-11-24-12-18(26-17)19-13-25-20-10-16(23)6-8-28(19)20;1-16(2)28-8-9-29-19-5-7-27-21(15-25-22(27)11-19)20-14-24-13-18(26-20)10-17-4-3-6-23-12-17;1-5(2)7-4-3-6/h8,10,14-17,19-20H,6-7,9,11-13,18H2,1-5H3;6,8,10-13,15H,4-5,7,9,14H2,1-3H3;5,7,11,13-17,23H,3-4,6,8-10,12H2,1-2H3;5-6H,3-4H2,1-2H3/t20-;15-;17-;/m000./s1. The van der Waals surface area contributed by atoms with Crippen LogP contribution in [0.4, 0.5) is 9.59 Å². The Labute approximate surface area is 604 Å². The topological polar surface area (TPSA) is 267 Å². The summed E-state index contributed by atoms with van der Waals surface area (Å²) in [6.45, 7) is 31.0. The molecule has 26 heteroatoms. The van der Waals surface area contributed by atoms with Gasteiger partial charge in [0.05, 0.1) is 116 Å². The number of aliphatic hydroxyl groups excluding tert-OH is 1. The summed E-state index contributed by atoms with van der Waals surface area (Å²) < 4.78 is 44.6. The Morgan fingerprint density at radius 2 is 0.912 bits per heavy atom. The van der Waals surface area contributed by atoms with E-state index in [1.165, 1.54) is 12.8 Å². The molecule has 0 saturated carbocycles. The fourth-order valence-electron chi connectivity index (χ4n) is 12.1. The van der Waals surface area contributed by atoms with Crippen molar-refractivity contribution in [2.75, 3.05) is 78.9 Å². The molecule has 2 amide bonds. The number of fused-ring (bicyclic) bond motifs is 3. The molecule has 0 spiro atoms. The number of imidazole rings is 3. The number of nitrogens with zero attached hydrogens (tertiary/aromatic N) is 14. The van der Waals surface area contributed by atoms with E-state index in [0.717, 1.165) is 151 Å². The van der Waals surface area contributed by atoms with Crippen molar-refractivity contribution in [1.29, 1.82) is 0 Å². The van der Waals surface area contributed by atoms with E-state index in [1.54, 1.807) is 37.2 Å². The van der Waals surface area contributed by atoms with Gasteiger partial charge < -0.3 is 53.4 Å². The Kier molecular flexibility index (Phi) is 28.7. The summed E-state index contributed by atoms with van der Waals surface area (Å²) in [4.78, 5) is 69.9. The minimum absolute atomic E-state index is 0.123. The molecule has 102 heavy (non-hydrogen) atoms. The van der Waals surface area contributed by atoms with Gasteiger partial charge in [0.1, 0.15) is 69.9 Å². The fraction of sp³-hybridized carbons (Fsp3) is 0.539. The smallest absolute Gasteiger partial charge is 0.410 e. The molecule has 9 aromatic heterocycles. The normalized spacial score (nSPS) is 16.5. The first-order valence-corrected chi connectivity index (χ1v) is 36.2. The summed E-state index contributed by atoms with van der Waals surface area (Å²) in [6, 6.07) is 11.3. The maximum absolute atomic E-state index is 12.5. The third-order valence-electron chi connectivity index (χ3n) is 16.7. The Balaban J connectivity index is 0.000000171. The van der Waals surface area contributed by atoms with Gasteiger partial charge in [0, 0.05) is 86.6 Å². The predicted octanol–water partition coefficient (Wildman–Crippen LogP) is 13.0. The molecule has 0 radical (unpaired) electrons. The highest BCUT2D eigenvalue weighted by Crippen LogP contribution is 2.29. The molecule has 3 fully saturated rings. The van der Waals surface area contributed by atoms with Gasteiger partial charge in [-0.15, -0.1) is 0 Å². The molecule has 0 aromatic carbocycles. The second kappa shape index (κ2) is 37.6. The number of ether oxygens (including phenoxy) is 7. The van der Waals surface area contributed by atoms with Crippen LogP contribution in [0.15, 0.2) is 111 Å². The number of amides is 2. The first kappa shape index (κ1) is 77.7. The summed E-state index contributed by atoms with van der Waals surface area (Å²) in [5.41, 5.74) is 9.30. The van der Waals surface area contributed by atoms with E-state index in [1.807, 2.05) is 180 Å². The summed E-state index contributed by atoms with van der Waals surface area (Å²) in [5, 5.41) is 12.3. The number of aromatic nitrogens is 12. The molecule has 3 atom stereocenters. The van der Waals surface area contributed by atoms with E-state index in [2.05, 4.69) is 35.2 Å². The second-order valence-electron chi connectivity index (χ2n) is 28.7. The lowest BCUT2D eigenvalue weighted by atomic mass is 9.93. The van der Waals surface area contributed by atoms with E-state index in [4.69, 9.17) is 64.8 Å². The molecule has 0 bridgehead atoms. The highest BCUT2D eigenvalue weighted by Gasteiger charge is 2.30. The van der Waals surface area contributed by atoms with Crippen molar-refractivity contribution in [2.45, 2.75) is 170 Å². The van der Waals surface area contributed by atoms with Crippen molar-refractivity contribution in [3.05, 3.63) is 133 Å². The monoisotopic (exact) mass is 1420 g/mol. The van der Waals surface area contributed by atoms with Gasteiger partial charge in [0.15, 0.2) is 0 Å². The lowest BCUT2D eigenvalue weighted by Gasteiger charge is -2.34. The summed E-state index contributed by atoms with van der Waals surface area (Å²) in [5.74, 6) is 2.81.